The van der Waals surface area contributed by atoms with Crippen molar-refractivity contribution in [3.05, 3.63) is 30.3 Å². The van der Waals surface area contributed by atoms with Crippen LogP contribution in [0, 0.1) is 0 Å². The molecule has 0 N–H and O–H groups in total. The second-order valence-electron chi connectivity index (χ2n) is 7.30. The van der Waals surface area contributed by atoms with Crippen LogP contribution < -0.4 is 4.90 Å². The highest BCUT2D eigenvalue weighted by atomic mass is 35.5. The first kappa shape index (κ1) is 23.8. The van der Waals surface area contributed by atoms with Crippen molar-refractivity contribution in [2.75, 3.05) is 50.7 Å². The Morgan fingerprint density at radius 1 is 1.00 bits per heavy atom. The Morgan fingerprint density at radius 3 is 2.33 bits per heavy atom. The number of benzene rings is 1. The van der Waals surface area contributed by atoms with Gasteiger partial charge in [0.15, 0.2) is 0 Å². The smallest absolute Gasteiger partial charge is 0.222 e. The lowest BCUT2D eigenvalue weighted by Crippen LogP contribution is -2.40. The highest BCUT2D eigenvalue weighted by molar-refractivity contribution is 5.85. The average Bonchev–Trinajstić information content (AvgIpc) is 3.19. The molecule has 5 heteroatoms. The monoisotopic (exact) mass is 395 g/mol. The number of halogens is 1. The molecule has 0 atom stereocenters. The van der Waals surface area contributed by atoms with Gasteiger partial charge >= 0.3 is 0 Å². The van der Waals surface area contributed by atoms with Gasteiger partial charge in [0.25, 0.3) is 0 Å². The standard InChI is InChI=1S/C22H37N3O.ClH/c1-3-5-14-22(26)25(18-11-17-23-15-9-10-16-23)20-19-24(4-2)21-12-7-6-8-13-21;/h6-8,12-13H,3-5,9-11,14-20H2,1-2H3;1H. The van der Waals surface area contributed by atoms with E-state index >= 15 is 0 Å². The number of hydrogen-bond acceptors (Lipinski definition) is 3. The predicted molar refractivity (Wildman–Crippen MR) is 118 cm³/mol. The fourth-order valence-electron chi connectivity index (χ4n) is 3.69. The Balaban J connectivity index is 0.00000364. The SMILES string of the molecule is CCCCC(=O)N(CCCN1CCCC1)CCN(CC)c1ccccc1.Cl. The molecule has 0 spiro atoms. The number of unbranched alkanes of at least 4 members (excludes halogenated alkanes) is 1. The van der Waals surface area contributed by atoms with Crippen LogP contribution in [-0.2, 0) is 4.79 Å². The van der Waals surface area contributed by atoms with Crippen LogP contribution in [0.15, 0.2) is 30.3 Å². The summed E-state index contributed by atoms with van der Waals surface area (Å²) in [5.74, 6) is 0.331. The van der Waals surface area contributed by atoms with Crippen molar-refractivity contribution in [2.45, 2.75) is 52.4 Å². The Morgan fingerprint density at radius 2 is 1.70 bits per heavy atom. The van der Waals surface area contributed by atoms with E-state index in [-0.39, 0.29) is 12.4 Å². The van der Waals surface area contributed by atoms with Gasteiger partial charge in [-0.2, -0.15) is 0 Å². The van der Waals surface area contributed by atoms with Crippen LogP contribution in [0.4, 0.5) is 5.69 Å². The Hall–Kier alpha value is -1.26. The van der Waals surface area contributed by atoms with Gasteiger partial charge in [-0.15, -0.1) is 12.4 Å². The molecule has 0 unspecified atom stereocenters. The van der Waals surface area contributed by atoms with Crippen LogP contribution in [0.3, 0.4) is 0 Å². The van der Waals surface area contributed by atoms with E-state index in [1.54, 1.807) is 0 Å². The summed E-state index contributed by atoms with van der Waals surface area (Å²) in [6, 6.07) is 10.5. The van der Waals surface area contributed by atoms with E-state index in [1.165, 1.54) is 31.6 Å². The highest BCUT2D eigenvalue weighted by Gasteiger charge is 2.16. The number of hydrogen-bond donors (Lipinski definition) is 0. The third kappa shape index (κ3) is 8.52. The topological polar surface area (TPSA) is 26.8 Å². The van der Waals surface area contributed by atoms with Crippen molar-refractivity contribution < 1.29 is 4.79 Å². The van der Waals surface area contributed by atoms with E-state index in [9.17, 15) is 4.79 Å². The van der Waals surface area contributed by atoms with Crippen molar-refractivity contribution in [3.8, 4) is 0 Å². The molecule has 4 nitrogen and oxygen atoms in total. The van der Waals surface area contributed by atoms with Crippen LogP contribution in [0.1, 0.15) is 52.4 Å². The number of amides is 1. The molecule has 154 valence electrons. The van der Waals surface area contributed by atoms with E-state index in [2.05, 4.69) is 58.9 Å². The number of carbonyl (C=O) groups excluding carboxylic acids is 1. The van der Waals surface area contributed by atoms with E-state index in [4.69, 9.17) is 0 Å². The normalized spacial score (nSPS) is 14.0. The van der Waals surface area contributed by atoms with Gasteiger partial charge in [0.1, 0.15) is 0 Å². The van der Waals surface area contributed by atoms with Gasteiger partial charge in [-0.3, -0.25) is 4.79 Å². The molecule has 0 radical (unpaired) electrons. The summed E-state index contributed by atoms with van der Waals surface area (Å²) >= 11 is 0. The second-order valence-corrected chi connectivity index (χ2v) is 7.30. The second kappa shape index (κ2) is 13.8. The number of carbonyl (C=O) groups is 1. The molecule has 2 rings (SSSR count). The lowest BCUT2D eigenvalue weighted by molar-refractivity contribution is -0.131. The first-order chi connectivity index (χ1) is 12.7. The van der Waals surface area contributed by atoms with E-state index in [0.717, 1.165) is 52.0 Å². The van der Waals surface area contributed by atoms with Crippen molar-refractivity contribution >= 4 is 24.0 Å². The van der Waals surface area contributed by atoms with Crippen molar-refractivity contribution in [1.82, 2.24) is 9.80 Å². The van der Waals surface area contributed by atoms with E-state index in [1.807, 2.05) is 0 Å². The third-order valence-corrected chi connectivity index (χ3v) is 5.34. The highest BCUT2D eigenvalue weighted by Crippen LogP contribution is 2.13. The van der Waals surface area contributed by atoms with Crippen LogP contribution in [0.2, 0.25) is 0 Å². The van der Waals surface area contributed by atoms with Crippen LogP contribution in [-0.4, -0.2) is 61.5 Å². The largest absolute Gasteiger partial charge is 0.370 e. The number of likely N-dealkylation sites (N-methyl/N-ethyl adjacent to an activating group) is 1. The fourth-order valence-corrected chi connectivity index (χ4v) is 3.69. The van der Waals surface area contributed by atoms with Crippen LogP contribution in [0.25, 0.3) is 0 Å². The molecular weight excluding hydrogens is 358 g/mol. The van der Waals surface area contributed by atoms with E-state index < -0.39 is 0 Å². The molecular formula is C22H38ClN3O. The van der Waals surface area contributed by atoms with Gasteiger partial charge in [0, 0.05) is 38.3 Å². The first-order valence-corrected chi connectivity index (χ1v) is 10.5. The minimum atomic E-state index is 0. The molecule has 0 aliphatic carbocycles. The number of para-hydroxylation sites is 1. The molecule has 1 fully saturated rings. The zero-order chi connectivity index (χ0) is 18.6. The molecule has 0 aromatic heterocycles. The predicted octanol–water partition coefficient (Wildman–Crippen LogP) is 4.44. The summed E-state index contributed by atoms with van der Waals surface area (Å²) < 4.78 is 0. The number of nitrogens with zero attached hydrogens (tertiary/aromatic N) is 3. The maximum absolute atomic E-state index is 12.7. The Kier molecular flexibility index (Phi) is 12.2. The van der Waals surface area contributed by atoms with E-state index in [0.29, 0.717) is 12.3 Å². The van der Waals surface area contributed by atoms with Crippen molar-refractivity contribution in [3.63, 3.8) is 0 Å². The molecule has 1 saturated heterocycles. The summed E-state index contributed by atoms with van der Waals surface area (Å²) in [6.45, 7) is 11.5. The zero-order valence-corrected chi connectivity index (χ0v) is 18.1. The molecule has 1 amide bonds. The maximum Gasteiger partial charge on any atom is 0.222 e. The summed E-state index contributed by atoms with van der Waals surface area (Å²) in [4.78, 5) is 19.7. The number of likely N-dealkylation sites (tertiary alicyclic amines) is 1. The molecule has 1 aliphatic rings. The Bertz CT molecular complexity index is 506. The van der Waals surface area contributed by atoms with Crippen LogP contribution >= 0.6 is 12.4 Å². The van der Waals surface area contributed by atoms with Gasteiger partial charge in [0.05, 0.1) is 0 Å². The molecule has 1 heterocycles. The quantitative estimate of drug-likeness (QED) is 0.523. The van der Waals surface area contributed by atoms with Gasteiger partial charge in [0.2, 0.25) is 5.91 Å². The van der Waals surface area contributed by atoms with Gasteiger partial charge < -0.3 is 14.7 Å². The molecule has 1 aliphatic heterocycles. The molecule has 0 saturated carbocycles. The minimum Gasteiger partial charge on any atom is -0.370 e. The van der Waals surface area contributed by atoms with Crippen LogP contribution in [0.5, 0.6) is 0 Å². The van der Waals surface area contributed by atoms with Crippen molar-refractivity contribution in [1.29, 1.82) is 0 Å². The van der Waals surface area contributed by atoms with Gasteiger partial charge in [-0.25, -0.2) is 0 Å². The molecule has 1 aromatic carbocycles. The van der Waals surface area contributed by atoms with Gasteiger partial charge in [-0.05, 0) is 64.4 Å². The Labute approximate surface area is 172 Å². The summed E-state index contributed by atoms with van der Waals surface area (Å²) in [5.41, 5.74) is 1.24. The average molecular weight is 396 g/mol. The summed E-state index contributed by atoms with van der Waals surface area (Å²) in [6.07, 6.45) is 6.53. The minimum absolute atomic E-state index is 0. The third-order valence-electron chi connectivity index (χ3n) is 5.34. The lowest BCUT2D eigenvalue weighted by Gasteiger charge is -2.29. The molecule has 27 heavy (non-hydrogen) atoms. The number of anilines is 1. The first-order valence-electron chi connectivity index (χ1n) is 10.5. The fraction of sp³-hybridized carbons (Fsp3) is 0.682. The molecule has 1 aromatic rings. The van der Waals surface area contributed by atoms with Crippen molar-refractivity contribution in [2.24, 2.45) is 0 Å². The van der Waals surface area contributed by atoms with Gasteiger partial charge in [-0.1, -0.05) is 31.5 Å². The summed E-state index contributed by atoms with van der Waals surface area (Å²) in [5, 5.41) is 0. The zero-order valence-electron chi connectivity index (χ0n) is 17.2. The maximum atomic E-state index is 12.7. The molecule has 0 bridgehead atoms. The number of rotatable bonds is 12. The lowest BCUT2D eigenvalue weighted by atomic mass is 10.2. The summed E-state index contributed by atoms with van der Waals surface area (Å²) in [7, 11) is 0.